The average Bonchev–Trinajstić information content (AvgIpc) is 2.56. The van der Waals surface area contributed by atoms with E-state index < -0.39 is 0 Å². The maximum atomic E-state index is 11.8. The molecule has 1 aromatic rings. The van der Waals surface area contributed by atoms with Gasteiger partial charge in [0.2, 0.25) is 0 Å². The number of morpholine rings is 1. The Balaban J connectivity index is 1.26. The first-order chi connectivity index (χ1) is 11.7. The Kier molecular flexibility index (Phi) is 6.07. The second-order valence-electron chi connectivity index (χ2n) is 6.73. The summed E-state index contributed by atoms with van der Waals surface area (Å²) >= 11 is 0. The topological polar surface area (TPSA) is 62.8 Å². The minimum absolute atomic E-state index is 0.209. The minimum atomic E-state index is -0.334. The Hall–Kier alpha value is -1.63. The van der Waals surface area contributed by atoms with E-state index in [4.69, 9.17) is 9.47 Å². The monoisotopic (exact) mass is 333 g/mol. The van der Waals surface area contributed by atoms with Gasteiger partial charge in [0.15, 0.2) is 0 Å². The van der Waals surface area contributed by atoms with Gasteiger partial charge in [0.25, 0.3) is 0 Å². The number of hydrogen-bond donors (Lipinski definition) is 2. The van der Waals surface area contributed by atoms with Crippen LogP contribution >= 0.6 is 0 Å². The molecule has 6 nitrogen and oxygen atoms in total. The number of nitrogens with zero attached hydrogens (tertiary/aromatic N) is 1. The van der Waals surface area contributed by atoms with E-state index in [9.17, 15) is 4.79 Å². The lowest BCUT2D eigenvalue weighted by molar-refractivity contribution is -0.0209. The van der Waals surface area contributed by atoms with Gasteiger partial charge < -0.3 is 25.0 Å². The van der Waals surface area contributed by atoms with Crippen LogP contribution in [0.25, 0.3) is 0 Å². The van der Waals surface area contributed by atoms with Crippen LogP contribution in [0.1, 0.15) is 18.4 Å². The number of carbonyl (C=O) groups is 1. The van der Waals surface area contributed by atoms with Gasteiger partial charge in [-0.1, -0.05) is 30.3 Å². The standard InChI is InChI=1S/C18H27N3O3/c1-21-7-8-23-17(12-21)11-19-15-9-16(10-15)20-18(22)24-13-14-5-3-2-4-6-14/h2-6,15-17,19H,7-13H2,1H3,(H,20,22). The van der Waals surface area contributed by atoms with Crippen molar-refractivity contribution in [2.75, 3.05) is 33.3 Å². The highest BCUT2D eigenvalue weighted by molar-refractivity contribution is 5.67. The third kappa shape index (κ3) is 5.19. The lowest BCUT2D eigenvalue weighted by Gasteiger charge is -2.38. The van der Waals surface area contributed by atoms with Gasteiger partial charge in [-0.15, -0.1) is 0 Å². The number of amides is 1. The van der Waals surface area contributed by atoms with Crippen molar-refractivity contribution in [2.45, 2.75) is 37.6 Å². The minimum Gasteiger partial charge on any atom is -0.445 e. The van der Waals surface area contributed by atoms with Gasteiger partial charge in [0.1, 0.15) is 6.61 Å². The summed E-state index contributed by atoms with van der Waals surface area (Å²) in [6, 6.07) is 10.4. The molecule has 1 aliphatic carbocycles. The quantitative estimate of drug-likeness (QED) is 0.823. The number of carbonyl (C=O) groups excluding carboxylic acids is 1. The molecule has 0 bridgehead atoms. The molecule has 1 atom stereocenters. The lowest BCUT2D eigenvalue weighted by Crippen LogP contribution is -2.55. The summed E-state index contributed by atoms with van der Waals surface area (Å²) in [5.74, 6) is 0. The molecule has 2 aliphatic rings. The zero-order valence-corrected chi connectivity index (χ0v) is 14.2. The summed E-state index contributed by atoms with van der Waals surface area (Å²) in [5.41, 5.74) is 0.998. The highest BCUT2D eigenvalue weighted by Gasteiger charge is 2.31. The molecular weight excluding hydrogens is 306 g/mol. The van der Waals surface area contributed by atoms with Gasteiger partial charge in [0.05, 0.1) is 12.7 Å². The average molecular weight is 333 g/mol. The zero-order chi connectivity index (χ0) is 16.8. The second kappa shape index (κ2) is 8.46. The molecular formula is C18H27N3O3. The Labute approximate surface area is 143 Å². The molecule has 1 amide bonds. The van der Waals surface area contributed by atoms with E-state index in [2.05, 4.69) is 22.6 Å². The number of ether oxygens (including phenoxy) is 2. The largest absolute Gasteiger partial charge is 0.445 e. The summed E-state index contributed by atoms with van der Waals surface area (Å²) in [6.07, 6.45) is 1.83. The number of benzene rings is 1. The Morgan fingerprint density at radius 1 is 1.29 bits per heavy atom. The molecule has 1 aliphatic heterocycles. The molecule has 0 spiro atoms. The maximum Gasteiger partial charge on any atom is 0.407 e. The van der Waals surface area contributed by atoms with E-state index in [1.807, 2.05) is 30.3 Å². The summed E-state index contributed by atoms with van der Waals surface area (Å²) in [6.45, 7) is 3.99. The van der Waals surface area contributed by atoms with E-state index in [1.165, 1.54) is 0 Å². The predicted octanol–water partition coefficient (Wildman–Crippen LogP) is 1.36. The van der Waals surface area contributed by atoms with Crippen LogP contribution in [0.15, 0.2) is 30.3 Å². The molecule has 2 N–H and O–H groups in total. The number of rotatable bonds is 6. The summed E-state index contributed by atoms with van der Waals surface area (Å²) in [4.78, 5) is 14.1. The molecule has 1 aromatic carbocycles. The molecule has 1 heterocycles. The van der Waals surface area contributed by atoms with Crippen molar-refractivity contribution in [1.82, 2.24) is 15.5 Å². The van der Waals surface area contributed by atoms with E-state index >= 15 is 0 Å². The molecule has 0 aromatic heterocycles. The molecule has 6 heteroatoms. The third-order valence-electron chi connectivity index (χ3n) is 4.65. The normalized spacial score (nSPS) is 27.3. The zero-order valence-electron chi connectivity index (χ0n) is 14.2. The smallest absolute Gasteiger partial charge is 0.407 e. The molecule has 1 saturated heterocycles. The summed E-state index contributed by atoms with van der Waals surface area (Å²) in [5, 5.41) is 6.45. The van der Waals surface area contributed by atoms with Crippen LogP contribution in [0.5, 0.6) is 0 Å². The van der Waals surface area contributed by atoms with E-state index in [-0.39, 0.29) is 18.2 Å². The lowest BCUT2D eigenvalue weighted by atomic mass is 9.87. The van der Waals surface area contributed by atoms with E-state index in [1.54, 1.807) is 0 Å². The third-order valence-corrected chi connectivity index (χ3v) is 4.65. The van der Waals surface area contributed by atoms with Crippen molar-refractivity contribution < 1.29 is 14.3 Å². The van der Waals surface area contributed by atoms with Crippen LogP contribution in [0.4, 0.5) is 4.79 Å². The number of hydrogen-bond acceptors (Lipinski definition) is 5. The van der Waals surface area contributed by atoms with Gasteiger partial charge in [-0.3, -0.25) is 0 Å². The van der Waals surface area contributed by atoms with Gasteiger partial charge in [-0.2, -0.15) is 0 Å². The Bertz CT molecular complexity index is 520. The highest BCUT2D eigenvalue weighted by Crippen LogP contribution is 2.20. The van der Waals surface area contributed by atoms with Crippen LogP contribution < -0.4 is 10.6 Å². The molecule has 1 saturated carbocycles. The van der Waals surface area contributed by atoms with Gasteiger partial charge in [-0.25, -0.2) is 4.79 Å². The Morgan fingerprint density at radius 3 is 2.83 bits per heavy atom. The molecule has 3 rings (SSSR count). The second-order valence-corrected chi connectivity index (χ2v) is 6.73. The van der Waals surface area contributed by atoms with Crippen LogP contribution in [0.2, 0.25) is 0 Å². The Morgan fingerprint density at radius 2 is 2.08 bits per heavy atom. The molecule has 0 radical (unpaired) electrons. The van der Waals surface area contributed by atoms with Crippen LogP contribution in [-0.4, -0.2) is 62.5 Å². The van der Waals surface area contributed by atoms with E-state index in [0.717, 1.165) is 44.6 Å². The predicted molar refractivity (Wildman–Crippen MR) is 91.8 cm³/mol. The van der Waals surface area contributed by atoms with Crippen molar-refractivity contribution >= 4 is 6.09 Å². The number of likely N-dealkylation sites (N-methyl/N-ethyl adjacent to an activating group) is 1. The van der Waals surface area contributed by atoms with Crippen LogP contribution in [0.3, 0.4) is 0 Å². The molecule has 24 heavy (non-hydrogen) atoms. The van der Waals surface area contributed by atoms with Crippen molar-refractivity contribution in [3.8, 4) is 0 Å². The number of alkyl carbamates (subject to hydrolysis) is 1. The van der Waals surface area contributed by atoms with Gasteiger partial charge in [-0.05, 0) is 25.5 Å². The maximum absolute atomic E-state index is 11.8. The number of nitrogens with one attached hydrogen (secondary N) is 2. The molecule has 132 valence electrons. The first-order valence-electron chi connectivity index (χ1n) is 8.70. The van der Waals surface area contributed by atoms with Crippen molar-refractivity contribution in [2.24, 2.45) is 0 Å². The van der Waals surface area contributed by atoms with E-state index in [0.29, 0.717) is 12.6 Å². The van der Waals surface area contributed by atoms with Gasteiger partial charge >= 0.3 is 6.09 Å². The fourth-order valence-electron chi connectivity index (χ4n) is 3.12. The fraction of sp³-hybridized carbons (Fsp3) is 0.611. The van der Waals surface area contributed by atoms with Gasteiger partial charge in [0, 0.05) is 31.7 Å². The van der Waals surface area contributed by atoms with Crippen molar-refractivity contribution in [3.05, 3.63) is 35.9 Å². The first-order valence-corrected chi connectivity index (χ1v) is 8.70. The van der Waals surface area contributed by atoms with Crippen LogP contribution in [0, 0.1) is 0 Å². The van der Waals surface area contributed by atoms with Crippen molar-refractivity contribution in [3.63, 3.8) is 0 Å². The molecule has 2 fully saturated rings. The molecule has 1 unspecified atom stereocenters. The van der Waals surface area contributed by atoms with Crippen molar-refractivity contribution in [1.29, 1.82) is 0 Å². The first kappa shape index (κ1) is 17.2. The summed E-state index contributed by atoms with van der Waals surface area (Å²) in [7, 11) is 2.12. The SMILES string of the molecule is CN1CCOC(CNC2CC(NC(=O)OCc3ccccc3)C2)C1. The highest BCUT2D eigenvalue weighted by atomic mass is 16.5. The fourth-order valence-corrected chi connectivity index (χ4v) is 3.12. The van der Waals surface area contributed by atoms with Crippen LogP contribution in [-0.2, 0) is 16.1 Å². The summed E-state index contributed by atoms with van der Waals surface area (Å²) < 4.78 is 11.0.